The first-order valence-corrected chi connectivity index (χ1v) is 10.3. The van der Waals surface area contributed by atoms with Crippen molar-refractivity contribution in [1.29, 1.82) is 0 Å². The van der Waals surface area contributed by atoms with Gasteiger partial charge in [-0.15, -0.1) is 11.3 Å². The van der Waals surface area contributed by atoms with Gasteiger partial charge >= 0.3 is 0 Å². The van der Waals surface area contributed by atoms with E-state index in [2.05, 4.69) is 23.7 Å². The van der Waals surface area contributed by atoms with Crippen LogP contribution in [0.15, 0.2) is 4.79 Å². The molecule has 3 rings (SSSR count). The van der Waals surface area contributed by atoms with E-state index in [-0.39, 0.29) is 11.6 Å². The van der Waals surface area contributed by atoms with Crippen LogP contribution in [0.3, 0.4) is 0 Å². The van der Waals surface area contributed by atoms with Gasteiger partial charge in [-0.3, -0.25) is 9.69 Å². The maximum atomic E-state index is 12.7. The molecule has 2 heterocycles. The molecule has 7 heteroatoms. The van der Waals surface area contributed by atoms with Gasteiger partial charge in [0.05, 0.1) is 24.6 Å². The molecule has 26 heavy (non-hydrogen) atoms. The zero-order valence-electron chi connectivity index (χ0n) is 15.9. The van der Waals surface area contributed by atoms with Gasteiger partial charge in [0.25, 0.3) is 5.56 Å². The predicted molar refractivity (Wildman–Crippen MR) is 105 cm³/mol. The van der Waals surface area contributed by atoms with Gasteiger partial charge in [-0.25, -0.2) is 4.98 Å². The van der Waals surface area contributed by atoms with Crippen LogP contribution in [0, 0.1) is 0 Å². The minimum absolute atomic E-state index is 0.0250. The summed E-state index contributed by atoms with van der Waals surface area (Å²) in [5.41, 5.74) is 1.19. The average molecular weight is 380 g/mol. The number of hydrogen-bond donors (Lipinski definition) is 2. The molecular formula is C19H29N3O3S. The van der Waals surface area contributed by atoms with Crippen molar-refractivity contribution >= 4 is 21.6 Å². The fourth-order valence-corrected chi connectivity index (χ4v) is 4.79. The number of hydrogen-bond acceptors (Lipinski definition) is 6. The third-order valence-corrected chi connectivity index (χ3v) is 6.10. The first-order valence-electron chi connectivity index (χ1n) is 9.52. The second-order valence-electron chi connectivity index (χ2n) is 7.24. The Morgan fingerprint density at radius 3 is 2.85 bits per heavy atom. The maximum Gasteiger partial charge on any atom is 0.259 e. The fraction of sp³-hybridized carbons (Fsp3) is 0.684. The summed E-state index contributed by atoms with van der Waals surface area (Å²) in [6.45, 7) is 7.97. The van der Waals surface area contributed by atoms with Crippen LogP contribution in [0.5, 0.6) is 0 Å². The molecule has 2 aromatic heterocycles. The standard InChI is InChI=1S/C19H29N3O3S/c1-4-25-11-13(23)9-22(12(2)3)10-16-20-18(24)17-14-7-5-6-8-15(14)26-19(17)21-16/h12-13,23H,4-11H2,1-3H3,(H,20,21,24). The zero-order chi connectivity index (χ0) is 18.7. The summed E-state index contributed by atoms with van der Waals surface area (Å²) in [5.74, 6) is 0.665. The summed E-state index contributed by atoms with van der Waals surface area (Å²) < 4.78 is 5.30. The molecule has 0 aromatic carbocycles. The summed E-state index contributed by atoms with van der Waals surface area (Å²) in [4.78, 5) is 24.7. The fourth-order valence-electron chi connectivity index (χ4n) is 3.51. The lowest BCUT2D eigenvalue weighted by atomic mass is 9.97. The largest absolute Gasteiger partial charge is 0.389 e. The van der Waals surface area contributed by atoms with Crippen molar-refractivity contribution < 1.29 is 9.84 Å². The van der Waals surface area contributed by atoms with Crippen molar-refractivity contribution in [2.45, 2.75) is 65.1 Å². The van der Waals surface area contributed by atoms with E-state index in [4.69, 9.17) is 9.72 Å². The number of fused-ring (bicyclic) bond motifs is 3. The Kier molecular flexibility index (Phi) is 6.45. The van der Waals surface area contributed by atoms with E-state index >= 15 is 0 Å². The average Bonchev–Trinajstić information content (AvgIpc) is 2.98. The van der Waals surface area contributed by atoms with E-state index in [1.54, 1.807) is 11.3 Å². The van der Waals surface area contributed by atoms with Crippen LogP contribution in [0.4, 0.5) is 0 Å². The van der Waals surface area contributed by atoms with Gasteiger partial charge in [-0.05, 0) is 52.0 Å². The molecule has 2 aromatic rings. The van der Waals surface area contributed by atoms with Crippen molar-refractivity contribution in [3.8, 4) is 0 Å². The molecule has 0 bridgehead atoms. The molecule has 0 saturated heterocycles. The molecule has 0 radical (unpaired) electrons. The monoisotopic (exact) mass is 379 g/mol. The van der Waals surface area contributed by atoms with Crippen molar-refractivity contribution in [3.63, 3.8) is 0 Å². The number of aromatic nitrogens is 2. The number of nitrogens with one attached hydrogen (secondary N) is 1. The lowest BCUT2D eigenvalue weighted by Crippen LogP contribution is -2.39. The van der Waals surface area contributed by atoms with Gasteiger partial charge in [-0.2, -0.15) is 0 Å². The van der Waals surface area contributed by atoms with Gasteiger partial charge < -0.3 is 14.8 Å². The van der Waals surface area contributed by atoms with Crippen molar-refractivity contribution in [2.24, 2.45) is 0 Å². The van der Waals surface area contributed by atoms with E-state index in [1.807, 2.05) is 6.92 Å². The van der Waals surface area contributed by atoms with Crippen LogP contribution in [0.1, 0.15) is 49.9 Å². The Morgan fingerprint density at radius 2 is 2.12 bits per heavy atom. The minimum Gasteiger partial charge on any atom is -0.389 e. The van der Waals surface area contributed by atoms with E-state index in [9.17, 15) is 9.90 Å². The van der Waals surface area contributed by atoms with Crippen LogP contribution in [-0.2, 0) is 24.1 Å². The van der Waals surface area contributed by atoms with Crippen LogP contribution >= 0.6 is 11.3 Å². The molecule has 0 aliphatic heterocycles. The van der Waals surface area contributed by atoms with Gasteiger partial charge in [-0.1, -0.05) is 0 Å². The first kappa shape index (κ1) is 19.5. The molecule has 0 fully saturated rings. The van der Waals surface area contributed by atoms with Gasteiger partial charge in [0.1, 0.15) is 10.7 Å². The van der Waals surface area contributed by atoms with Crippen LogP contribution in [-0.4, -0.2) is 51.9 Å². The number of aliphatic hydroxyl groups excluding tert-OH is 1. The normalized spacial score (nSPS) is 15.8. The number of thiophene rings is 1. The van der Waals surface area contributed by atoms with Crippen LogP contribution < -0.4 is 5.56 Å². The molecule has 1 aliphatic carbocycles. The van der Waals surface area contributed by atoms with Gasteiger partial charge in [0.15, 0.2) is 0 Å². The van der Waals surface area contributed by atoms with Crippen molar-refractivity contribution in [3.05, 3.63) is 26.6 Å². The molecule has 0 saturated carbocycles. The topological polar surface area (TPSA) is 78.5 Å². The predicted octanol–water partition coefficient (Wildman–Crippen LogP) is 2.47. The molecule has 6 nitrogen and oxygen atoms in total. The Bertz CT molecular complexity index is 799. The zero-order valence-corrected chi connectivity index (χ0v) is 16.7. The lowest BCUT2D eigenvalue weighted by molar-refractivity contribution is 0.0127. The quantitative estimate of drug-likeness (QED) is 0.737. The highest BCUT2D eigenvalue weighted by atomic mass is 32.1. The Balaban J connectivity index is 1.81. The lowest BCUT2D eigenvalue weighted by Gasteiger charge is -2.28. The summed E-state index contributed by atoms with van der Waals surface area (Å²) in [6.07, 6.45) is 3.85. The minimum atomic E-state index is -0.554. The number of aliphatic hydroxyl groups is 1. The number of nitrogens with zero attached hydrogens (tertiary/aromatic N) is 2. The molecule has 144 valence electrons. The Morgan fingerprint density at radius 1 is 1.35 bits per heavy atom. The molecule has 2 N–H and O–H groups in total. The Hall–Kier alpha value is -1.28. The smallest absolute Gasteiger partial charge is 0.259 e. The number of H-pyrrole nitrogens is 1. The highest BCUT2D eigenvalue weighted by molar-refractivity contribution is 7.18. The van der Waals surface area contributed by atoms with Crippen LogP contribution in [0.25, 0.3) is 10.2 Å². The summed E-state index contributed by atoms with van der Waals surface area (Å²) in [6, 6.07) is 0.226. The number of aromatic amines is 1. The van der Waals surface area contributed by atoms with E-state index in [1.165, 1.54) is 16.9 Å². The van der Waals surface area contributed by atoms with Crippen LogP contribution in [0.2, 0.25) is 0 Å². The Labute approximate surface area is 158 Å². The first-order chi connectivity index (χ1) is 12.5. The molecule has 0 amide bonds. The summed E-state index contributed by atoms with van der Waals surface area (Å²) >= 11 is 1.67. The second-order valence-corrected chi connectivity index (χ2v) is 8.32. The summed E-state index contributed by atoms with van der Waals surface area (Å²) in [5, 5.41) is 11.0. The molecule has 0 spiro atoms. The molecule has 1 atom stereocenters. The number of rotatable bonds is 8. The molecule has 1 unspecified atom stereocenters. The SMILES string of the molecule is CCOCC(O)CN(Cc1nc2sc3c(c2c(=O)[nH]1)CCCC3)C(C)C. The van der Waals surface area contributed by atoms with Crippen molar-refractivity contribution in [2.75, 3.05) is 19.8 Å². The maximum absolute atomic E-state index is 12.7. The third kappa shape index (κ3) is 4.34. The highest BCUT2D eigenvalue weighted by Gasteiger charge is 2.21. The van der Waals surface area contributed by atoms with E-state index in [0.29, 0.717) is 32.1 Å². The second kappa shape index (κ2) is 8.61. The highest BCUT2D eigenvalue weighted by Crippen LogP contribution is 2.33. The number of aryl methyl sites for hydroxylation is 2. The number of ether oxygens (including phenoxy) is 1. The summed E-state index contributed by atoms with van der Waals surface area (Å²) in [7, 11) is 0. The molecule has 1 aliphatic rings. The van der Waals surface area contributed by atoms with Gasteiger partial charge in [0, 0.05) is 24.1 Å². The van der Waals surface area contributed by atoms with E-state index in [0.717, 1.165) is 29.5 Å². The molecular weight excluding hydrogens is 350 g/mol. The van der Waals surface area contributed by atoms with Crippen molar-refractivity contribution in [1.82, 2.24) is 14.9 Å². The van der Waals surface area contributed by atoms with E-state index < -0.39 is 6.10 Å². The third-order valence-electron chi connectivity index (χ3n) is 4.92. The van der Waals surface area contributed by atoms with Gasteiger partial charge in [0.2, 0.25) is 0 Å².